The van der Waals surface area contributed by atoms with E-state index in [9.17, 15) is 14.7 Å². The van der Waals surface area contributed by atoms with Crippen LogP contribution in [0.4, 0.5) is 4.79 Å². The predicted molar refractivity (Wildman–Crippen MR) is 75.6 cm³/mol. The van der Waals surface area contributed by atoms with Gasteiger partial charge in [-0.05, 0) is 24.7 Å². The highest BCUT2D eigenvalue weighted by Gasteiger charge is 2.33. The Morgan fingerprint density at radius 1 is 1.40 bits per heavy atom. The fourth-order valence-corrected chi connectivity index (χ4v) is 2.22. The molecule has 1 unspecified atom stereocenters. The lowest BCUT2D eigenvalue weighted by atomic mass is 9.87. The number of carbonyl (C=O) groups excluding carboxylic acids is 1. The number of carboxylic acid groups (broad SMARTS) is 1. The van der Waals surface area contributed by atoms with Crippen LogP contribution in [-0.2, 0) is 9.53 Å². The van der Waals surface area contributed by atoms with Crippen LogP contribution in [-0.4, -0.2) is 54.4 Å². The van der Waals surface area contributed by atoms with Gasteiger partial charge < -0.3 is 20.1 Å². The molecule has 2 N–H and O–H groups in total. The summed E-state index contributed by atoms with van der Waals surface area (Å²) in [6, 6.07) is -1.29. The molecule has 0 saturated carbocycles. The van der Waals surface area contributed by atoms with Crippen LogP contribution in [0.5, 0.6) is 0 Å². The van der Waals surface area contributed by atoms with Crippen molar-refractivity contribution in [3.63, 3.8) is 0 Å². The van der Waals surface area contributed by atoms with Crippen LogP contribution in [0.25, 0.3) is 0 Å². The number of hydrogen-bond acceptors (Lipinski definition) is 3. The van der Waals surface area contributed by atoms with E-state index in [-0.39, 0.29) is 12.1 Å². The molecule has 0 aliphatic carbocycles. The highest BCUT2D eigenvalue weighted by molar-refractivity contribution is 5.83. The molecule has 20 heavy (non-hydrogen) atoms. The molecule has 0 aromatic carbocycles. The molecule has 6 nitrogen and oxygen atoms in total. The molecule has 2 amide bonds. The van der Waals surface area contributed by atoms with Gasteiger partial charge in [-0.15, -0.1) is 0 Å². The van der Waals surface area contributed by atoms with Crippen molar-refractivity contribution in [2.24, 2.45) is 5.41 Å². The quantitative estimate of drug-likeness (QED) is 0.824. The van der Waals surface area contributed by atoms with Crippen LogP contribution in [0.3, 0.4) is 0 Å². The van der Waals surface area contributed by atoms with Gasteiger partial charge in [0.05, 0.1) is 6.10 Å². The Bertz CT molecular complexity index is 346. The zero-order chi connectivity index (χ0) is 15.3. The highest BCUT2D eigenvalue weighted by Crippen LogP contribution is 2.20. The number of urea groups is 1. The maximum absolute atomic E-state index is 12.1. The Morgan fingerprint density at radius 3 is 2.50 bits per heavy atom. The van der Waals surface area contributed by atoms with E-state index >= 15 is 0 Å². The molecule has 1 saturated heterocycles. The molecule has 1 heterocycles. The minimum Gasteiger partial charge on any atom is -0.480 e. The first kappa shape index (κ1) is 16.8. The number of ether oxygens (including phenoxy) is 1. The zero-order valence-electron chi connectivity index (χ0n) is 12.8. The Labute approximate surface area is 120 Å². The third-order valence-corrected chi connectivity index (χ3v) is 3.48. The molecule has 1 fully saturated rings. The number of hydrogen-bond donors (Lipinski definition) is 2. The summed E-state index contributed by atoms with van der Waals surface area (Å²) in [6.45, 7) is 6.59. The van der Waals surface area contributed by atoms with Crippen molar-refractivity contribution in [2.45, 2.75) is 52.2 Å². The molecule has 1 rings (SSSR count). The second-order valence-electron chi connectivity index (χ2n) is 6.46. The lowest BCUT2D eigenvalue weighted by Crippen LogP contribution is -2.53. The molecule has 1 aliphatic rings. The summed E-state index contributed by atoms with van der Waals surface area (Å²) in [5.41, 5.74) is -0.538. The summed E-state index contributed by atoms with van der Waals surface area (Å²) in [5, 5.41) is 11.8. The number of likely N-dealkylation sites (N-methyl/N-ethyl adjacent to an activating group) is 1. The molecule has 0 spiro atoms. The van der Waals surface area contributed by atoms with Gasteiger partial charge in [-0.2, -0.15) is 0 Å². The normalized spacial score (nSPS) is 21.1. The minimum absolute atomic E-state index is 0.0532. The number of nitrogens with zero attached hydrogens (tertiary/aromatic N) is 1. The largest absolute Gasteiger partial charge is 0.480 e. The van der Waals surface area contributed by atoms with E-state index in [1.54, 1.807) is 27.8 Å². The van der Waals surface area contributed by atoms with Gasteiger partial charge >= 0.3 is 12.0 Å². The third-order valence-electron chi connectivity index (χ3n) is 3.48. The van der Waals surface area contributed by atoms with E-state index in [1.807, 2.05) is 0 Å². The van der Waals surface area contributed by atoms with Gasteiger partial charge in [-0.1, -0.05) is 20.8 Å². The molecule has 6 heteroatoms. The summed E-state index contributed by atoms with van der Waals surface area (Å²) in [4.78, 5) is 24.8. The number of rotatable bonds is 4. The maximum atomic E-state index is 12.1. The van der Waals surface area contributed by atoms with E-state index < -0.39 is 17.4 Å². The van der Waals surface area contributed by atoms with E-state index in [0.29, 0.717) is 6.54 Å². The molecule has 1 aliphatic heterocycles. The second kappa shape index (κ2) is 6.92. The molecule has 0 radical (unpaired) electrons. The SMILES string of the molecule is CN(CC1CCCCO1)C(=O)N[C@H](C(=O)O)C(C)(C)C. The van der Waals surface area contributed by atoms with E-state index in [4.69, 9.17) is 4.74 Å². The Morgan fingerprint density at radius 2 is 2.05 bits per heavy atom. The maximum Gasteiger partial charge on any atom is 0.326 e. The van der Waals surface area contributed by atoms with Crippen LogP contribution >= 0.6 is 0 Å². The van der Waals surface area contributed by atoms with E-state index in [0.717, 1.165) is 25.9 Å². The minimum atomic E-state index is -1.02. The molecule has 0 aromatic heterocycles. The lowest BCUT2D eigenvalue weighted by molar-refractivity contribution is -0.142. The van der Waals surface area contributed by atoms with Gasteiger partial charge in [0.1, 0.15) is 6.04 Å². The first-order valence-corrected chi connectivity index (χ1v) is 7.08. The van der Waals surface area contributed by atoms with Gasteiger partial charge in [0, 0.05) is 20.2 Å². The topological polar surface area (TPSA) is 78.9 Å². The van der Waals surface area contributed by atoms with E-state index in [2.05, 4.69) is 5.32 Å². The number of aliphatic carboxylic acids is 1. The smallest absolute Gasteiger partial charge is 0.326 e. The summed E-state index contributed by atoms with van der Waals surface area (Å²) >= 11 is 0. The van der Waals surface area contributed by atoms with Crippen LogP contribution in [0.1, 0.15) is 40.0 Å². The molecule has 2 atom stereocenters. The first-order valence-electron chi connectivity index (χ1n) is 7.08. The van der Waals surface area contributed by atoms with Crippen molar-refractivity contribution in [1.82, 2.24) is 10.2 Å². The molecule has 0 aromatic rings. The van der Waals surface area contributed by atoms with Crippen molar-refractivity contribution >= 4 is 12.0 Å². The Kier molecular flexibility index (Phi) is 5.80. The lowest BCUT2D eigenvalue weighted by Gasteiger charge is -2.31. The molecular formula is C14H26N2O4. The number of carboxylic acids is 1. The Balaban J connectivity index is 2.53. The van der Waals surface area contributed by atoms with Crippen LogP contribution in [0.2, 0.25) is 0 Å². The highest BCUT2D eigenvalue weighted by atomic mass is 16.5. The van der Waals surface area contributed by atoms with Crippen molar-refractivity contribution in [2.75, 3.05) is 20.2 Å². The van der Waals surface area contributed by atoms with Crippen LogP contribution < -0.4 is 5.32 Å². The van der Waals surface area contributed by atoms with Crippen molar-refractivity contribution in [1.29, 1.82) is 0 Å². The first-order chi connectivity index (χ1) is 9.21. The number of amides is 2. The predicted octanol–water partition coefficient (Wildman–Crippen LogP) is 1.70. The number of nitrogens with one attached hydrogen (secondary N) is 1. The number of carbonyl (C=O) groups is 2. The standard InChI is InChI=1S/C14H26N2O4/c1-14(2,3)11(12(17)18)15-13(19)16(4)9-10-7-5-6-8-20-10/h10-11H,5-9H2,1-4H3,(H,15,19)(H,17,18)/t10?,11-/m1/s1. The van der Waals surface area contributed by atoms with Gasteiger partial charge in [-0.25, -0.2) is 9.59 Å². The summed E-state index contributed by atoms with van der Waals surface area (Å²) in [5.74, 6) is -1.02. The molecule has 0 bridgehead atoms. The Hall–Kier alpha value is -1.30. The van der Waals surface area contributed by atoms with Gasteiger partial charge in [0.2, 0.25) is 0 Å². The van der Waals surface area contributed by atoms with Crippen LogP contribution in [0.15, 0.2) is 0 Å². The van der Waals surface area contributed by atoms with Crippen molar-refractivity contribution < 1.29 is 19.4 Å². The average molecular weight is 286 g/mol. The fourth-order valence-electron chi connectivity index (χ4n) is 2.22. The zero-order valence-corrected chi connectivity index (χ0v) is 12.8. The summed E-state index contributed by atoms with van der Waals surface area (Å²) in [6.07, 6.45) is 3.17. The summed E-state index contributed by atoms with van der Waals surface area (Å²) in [7, 11) is 1.66. The van der Waals surface area contributed by atoms with E-state index in [1.165, 1.54) is 4.90 Å². The monoisotopic (exact) mass is 286 g/mol. The summed E-state index contributed by atoms with van der Waals surface area (Å²) < 4.78 is 5.58. The van der Waals surface area contributed by atoms with Gasteiger partial charge in [0.15, 0.2) is 0 Å². The third kappa shape index (κ3) is 5.00. The second-order valence-corrected chi connectivity index (χ2v) is 6.46. The van der Waals surface area contributed by atoms with Crippen LogP contribution in [0, 0.1) is 5.41 Å². The van der Waals surface area contributed by atoms with Gasteiger partial charge in [0.25, 0.3) is 0 Å². The fraction of sp³-hybridized carbons (Fsp3) is 0.857. The molecule has 116 valence electrons. The van der Waals surface area contributed by atoms with Crippen molar-refractivity contribution in [3.8, 4) is 0 Å². The van der Waals surface area contributed by atoms with Gasteiger partial charge in [-0.3, -0.25) is 0 Å². The molecular weight excluding hydrogens is 260 g/mol. The van der Waals surface area contributed by atoms with Crippen molar-refractivity contribution in [3.05, 3.63) is 0 Å². The average Bonchev–Trinajstić information content (AvgIpc) is 2.34.